The number of ether oxygens (including phenoxy) is 2. The van der Waals surface area contributed by atoms with Crippen molar-refractivity contribution in [2.45, 2.75) is 13.0 Å². The van der Waals surface area contributed by atoms with Gasteiger partial charge in [-0.3, -0.25) is 9.59 Å². The highest BCUT2D eigenvalue weighted by molar-refractivity contribution is 5.99. The Balaban J connectivity index is 1.47. The first-order chi connectivity index (χ1) is 15.5. The highest BCUT2D eigenvalue weighted by Crippen LogP contribution is 2.33. The van der Waals surface area contributed by atoms with Gasteiger partial charge in [0.25, 0.3) is 11.8 Å². The van der Waals surface area contributed by atoms with Crippen LogP contribution in [0.15, 0.2) is 54.6 Å². The monoisotopic (exact) mass is 435 g/mol. The van der Waals surface area contributed by atoms with Gasteiger partial charge in [-0.25, -0.2) is 4.79 Å². The van der Waals surface area contributed by atoms with E-state index in [0.717, 1.165) is 0 Å². The number of benzene rings is 2. The summed E-state index contributed by atoms with van der Waals surface area (Å²) in [7, 11) is 1.49. The molecule has 0 saturated carbocycles. The van der Waals surface area contributed by atoms with Gasteiger partial charge in [-0.1, -0.05) is 30.3 Å². The maximum absolute atomic E-state index is 12.9. The summed E-state index contributed by atoms with van der Waals surface area (Å²) in [5.74, 6) is -1.21. The fourth-order valence-electron chi connectivity index (χ4n) is 3.29. The summed E-state index contributed by atoms with van der Waals surface area (Å²) in [6.07, 6.45) is -0.873. The van der Waals surface area contributed by atoms with Gasteiger partial charge in [-0.15, -0.1) is 5.10 Å². The van der Waals surface area contributed by atoms with Gasteiger partial charge in [0.1, 0.15) is 5.75 Å². The molecule has 1 aliphatic heterocycles. The Bertz CT molecular complexity index is 1160. The van der Waals surface area contributed by atoms with Crippen LogP contribution in [0.2, 0.25) is 0 Å². The number of aryl methyl sites for hydroxylation is 1. The van der Waals surface area contributed by atoms with Crippen LogP contribution in [0.3, 0.4) is 0 Å². The van der Waals surface area contributed by atoms with Crippen molar-refractivity contribution in [2.24, 2.45) is 0 Å². The zero-order valence-electron chi connectivity index (χ0n) is 17.5. The van der Waals surface area contributed by atoms with Crippen LogP contribution in [0.25, 0.3) is 5.69 Å². The molecule has 1 unspecified atom stereocenters. The normalized spacial score (nSPS) is 14.8. The number of amides is 2. The number of carbonyl (C=O) groups is 3. The van der Waals surface area contributed by atoms with Gasteiger partial charge in [0.2, 0.25) is 0 Å². The van der Waals surface area contributed by atoms with Crippen molar-refractivity contribution in [1.82, 2.24) is 20.3 Å². The molecule has 164 valence electrons. The van der Waals surface area contributed by atoms with Crippen LogP contribution in [0.5, 0.6) is 5.75 Å². The zero-order chi connectivity index (χ0) is 22.7. The molecule has 32 heavy (non-hydrogen) atoms. The van der Waals surface area contributed by atoms with Crippen LogP contribution >= 0.6 is 0 Å². The molecule has 10 nitrogen and oxygen atoms in total. The molecule has 0 aliphatic carbocycles. The van der Waals surface area contributed by atoms with E-state index < -0.39 is 24.6 Å². The number of para-hydroxylation sites is 3. The van der Waals surface area contributed by atoms with Crippen LogP contribution in [0, 0.1) is 6.92 Å². The number of carbonyl (C=O) groups excluding carboxylic acids is 3. The molecule has 0 fully saturated rings. The number of nitrogens with one attached hydrogen (secondary N) is 1. The molecule has 1 aromatic heterocycles. The molecule has 3 aromatic rings. The summed E-state index contributed by atoms with van der Waals surface area (Å²) in [4.78, 5) is 40.2. The van der Waals surface area contributed by atoms with Crippen LogP contribution in [0.4, 0.5) is 5.69 Å². The highest BCUT2D eigenvalue weighted by atomic mass is 16.5. The quantitative estimate of drug-likeness (QED) is 0.600. The van der Waals surface area contributed by atoms with Crippen molar-refractivity contribution in [2.75, 3.05) is 25.1 Å². The van der Waals surface area contributed by atoms with Gasteiger partial charge in [0, 0.05) is 7.05 Å². The maximum atomic E-state index is 12.9. The Morgan fingerprint density at radius 3 is 2.56 bits per heavy atom. The minimum absolute atomic E-state index is 0.00368. The fourth-order valence-corrected chi connectivity index (χ4v) is 3.29. The second kappa shape index (κ2) is 8.88. The van der Waals surface area contributed by atoms with Crippen molar-refractivity contribution in [3.8, 4) is 11.4 Å². The van der Waals surface area contributed by atoms with Crippen molar-refractivity contribution in [3.05, 3.63) is 66.0 Å². The standard InChI is InChI=1S/C22H21N5O5/c1-14-20(25-27(24-14)15-8-4-3-5-9-15)22(30)31-13-19(28)26-12-18(21(29)23-2)32-17-11-7-6-10-16(17)26/h3-11,18H,12-13H2,1-2H3,(H,23,29). The van der Waals surface area contributed by atoms with Crippen LogP contribution in [-0.4, -0.2) is 59.1 Å². The predicted octanol–water partition coefficient (Wildman–Crippen LogP) is 1.27. The third-order valence-electron chi connectivity index (χ3n) is 4.90. The molecule has 2 amide bonds. The molecule has 2 aromatic carbocycles. The first kappa shape index (κ1) is 21.0. The first-order valence-corrected chi connectivity index (χ1v) is 9.92. The molecule has 1 N–H and O–H groups in total. The van der Waals surface area contributed by atoms with Crippen LogP contribution in [-0.2, 0) is 14.3 Å². The van der Waals surface area contributed by atoms with E-state index in [-0.39, 0.29) is 18.1 Å². The van der Waals surface area contributed by atoms with E-state index in [1.54, 1.807) is 43.3 Å². The van der Waals surface area contributed by atoms with Crippen molar-refractivity contribution < 1.29 is 23.9 Å². The summed E-state index contributed by atoms with van der Waals surface area (Å²) in [6, 6.07) is 16.0. The first-order valence-electron chi connectivity index (χ1n) is 9.92. The summed E-state index contributed by atoms with van der Waals surface area (Å²) in [5, 5.41) is 10.9. The lowest BCUT2D eigenvalue weighted by atomic mass is 10.1. The van der Waals surface area contributed by atoms with Gasteiger partial charge in [-0.05, 0) is 31.2 Å². The number of rotatable bonds is 5. The Kier molecular flexibility index (Phi) is 5.84. The van der Waals surface area contributed by atoms with Crippen molar-refractivity contribution >= 4 is 23.5 Å². The van der Waals surface area contributed by atoms with E-state index in [1.165, 1.54) is 16.7 Å². The molecule has 1 aliphatic rings. The molecule has 0 radical (unpaired) electrons. The number of anilines is 1. The van der Waals surface area contributed by atoms with E-state index in [0.29, 0.717) is 22.8 Å². The highest BCUT2D eigenvalue weighted by Gasteiger charge is 2.33. The van der Waals surface area contributed by atoms with Crippen molar-refractivity contribution in [1.29, 1.82) is 0 Å². The molecule has 4 rings (SSSR count). The third-order valence-corrected chi connectivity index (χ3v) is 4.90. The topological polar surface area (TPSA) is 116 Å². The molecular weight excluding hydrogens is 414 g/mol. The molecule has 0 saturated heterocycles. The van der Waals surface area contributed by atoms with E-state index in [4.69, 9.17) is 9.47 Å². The summed E-state index contributed by atoms with van der Waals surface area (Å²) < 4.78 is 10.9. The molecule has 1 atom stereocenters. The lowest BCUT2D eigenvalue weighted by Gasteiger charge is -2.33. The number of nitrogens with zero attached hydrogens (tertiary/aromatic N) is 4. The van der Waals surface area contributed by atoms with Crippen LogP contribution in [0.1, 0.15) is 16.2 Å². The van der Waals surface area contributed by atoms with Gasteiger partial charge in [0.05, 0.1) is 23.6 Å². The largest absolute Gasteiger partial charge is 0.477 e. The van der Waals surface area contributed by atoms with Gasteiger partial charge in [-0.2, -0.15) is 9.90 Å². The lowest BCUT2D eigenvalue weighted by Crippen LogP contribution is -2.51. The summed E-state index contributed by atoms with van der Waals surface area (Å²) >= 11 is 0. The van der Waals surface area contributed by atoms with Crippen LogP contribution < -0.4 is 15.0 Å². The van der Waals surface area contributed by atoms with E-state index in [1.807, 2.05) is 18.2 Å². The number of likely N-dealkylation sites (N-methyl/N-ethyl adjacent to an activating group) is 1. The average Bonchev–Trinajstić information content (AvgIpc) is 3.23. The number of fused-ring (bicyclic) bond motifs is 1. The van der Waals surface area contributed by atoms with E-state index in [9.17, 15) is 14.4 Å². The lowest BCUT2D eigenvalue weighted by molar-refractivity contribution is -0.128. The Morgan fingerprint density at radius 2 is 1.81 bits per heavy atom. The second-order valence-electron chi connectivity index (χ2n) is 7.03. The molecule has 2 heterocycles. The van der Waals surface area contributed by atoms with Gasteiger partial charge in [0.15, 0.2) is 18.4 Å². The Labute approximate surface area is 183 Å². The summed E-state index contributed by atoms with van der Waals surface area (Å²) in [6.45, 7) is 1.11. The van der Waals surface area contributed by atoms with Gasteiger partial charge < -0.3 is 19.7 Å². The average molecular weight is 435 g/mol. The second-order valence-corrected chi connectivity index (χ2v) is 7.03. The molecule has 0 bridgehead atoms. The summed E-state index contributed by atoms with van der Waals surface area (Å²) in [5.41, 5.74) is 1.59. The predicted molar refractivity (Wildman–Crippen MR) is 114 cm³/mol. The molecule has 10 heteroatoms. The minimum Gasteiger partial charge on any atom is -0.477 e. The van der Waals surface area contributed by atoms with E-state index >= 15 is 0 Å². The smallest absolute Gasteiger partial charge is 0.361 e. The Hall–Kier alpha value is -4.21. The zero-order valence-corrected chi connectivity index (χ0v) is 17.5. The number of esters is 1. The molecule has 0 spiro atoms. The number of hydrogen-bond acceptors (Lipinski definition) is 7. The number of aromatic nitrogens is 3. The SMILES string of the molecule is CNC(=O)C1CN(C(=O)COC(=O)c2nn(-c3ccccc3)nc2C)c2ccccc2O1. The maximum Gasteiger partial charge on any atom is 0.361 e. The molecular formula is C22H21N5O5. The number of hydrogen-bond donors (Lipinski definition) is 1. The third kappa shape index (κ3) is 4.15. The minimum atomic E-state index is -0.873. The Morgan fingerprint density at radius 1 is 1.09 bits per heavy atom. The van der Waals surface area contributed by atoms with Crippen molar-refractivity contribution in [3.63, 3.8) is 0 Å². The fraction of sp³-hybridized carbons (Fsp3) is 0.227. The van der Waals surface area contributed by atoms with Gasteiger partial charge >= 0.3 is 5.97 Å². The van der Waals surface area contributed by atoms with E-state index in [2.05, 4.69) is 15.5 Å².